The summed E-state index contributed by atoms with van der Waals surface area (Å²) in [6.07, 6.45) is 5.17. The van der Waals surface area contributed by atoms with Crippen LogP contribution in [-0.4, -0.2) is 27.9 Å². The van der Waals surface area contributed by atoms with Crippen molar-refractivity contribution < 1.29 is 4.79 Å². The van der Waals surface area contributed by atoms with Gasteiger partial charge in [0.15, 0.2) is 0 Å². The lowest BCUT2D eigenvalue weighted by molar-refractivity contribution is -0.135. The van der Waals surface area contributed by atoms with Crippen LogP contribution in [0.5, 0.6) is 0 Å². The van der Waals surface area contributed by atoms with Crippen molar-refractivity contribution in [2.75, 3.05) is 0 Å². The molecule has 1 heterocycles. The van der Waals surface area contributed by atoms with E-state index in [2.05, 4.69) is 4.98 Å². The molecule has 0 unspecified atom stereocenters. The van der Waals surface area contributed by atoms with Crippen LogP contribution in [0.3, 0.4) is 0 Å². The highest BCUT2D eigenvalue weighted by Crippen LogP contribution is 2.10. The number of carbonyl (C=O) groups is 1. The van der Waals surface area contributed by atoms with Crippen LogP contribution in [0.4, 0.5) is 0 Å². The van der Waals surface area contributed by atoms with E-state index in [-0.39, 0.29) is 11.9 Å². The summed E-state index contributed by atoms with van der Waals surface area (Å²) >= 11 is 0. The number of nitrogens with zero attached hydrogens (tertiary/aromatic N) is 2. The molecule has 1 atom stereocenters. The number of hydrogen-bond acceptors (Lipinski definition) is 3. The van der Waals surface area contributed by atoms with E-state index in [0.29, 0.717) is 6.54 Å². The molecule has 100 valence electrons. The number of amides is 1. The van der Waals surface area contributed by atoms with Gasteiger partial charge in [0.2, 0.25) is 5.91 Å². The summed E-state index contributed by atoms with van der Waals surface area (Å²) in [6.45, 7) is 6.62. The summed E-state index contributed by atoms with van der Waals surface area (Å²) in [5.41, 5.74) is 6.94. The van der Waals surface area contributed by atoms with Crippen LogP contribution in [0, 0.1) is 0 Å². The third-order valence-electron chi connectivity index (χ3n) is 2.90. The van der Waals surface area contributed by atoms with Crippen LogP contribution >= 0.6 is 0 Å². The molecule has 1 amide bonds. The van der Waals surface area contributed by atoms with Gasteiger partial charge in [0.05, 0.1) is 6.04 Å². The molecule has 1 aromatic heterocycles. The van der Waals surface area contributed by atoms with Gasteiger partial charge in [0, 0.05) is 25.0 Å². The largest absolute Gasteiger partial charge is 0.335 e. The second kappa shape index (κ2) is 7.11. The van der Waals surface area contributed by atoms with Crippen LogP contribution < -0.4 is 5.73 Å². The summed E-state index contributed by atoms with van der Waals surface area (Å²) in [6, 6.07) is 3.60. The van der Waals surface area contributed by atoms with Gasteiger partial charge in [-0.15, -0.1) is 0 Å². The Balaban J connectivity index is 2.74. The Bertz CT molecular complexity index is 365. The quantitative estimate of drug-likeness (QED) is 0.838. The topological polar surface area (TPSA) is 59.2 Å². The van der Waals surface area contributed by atoms with Gasteiger partial charge in [-0.1, -0.05) is 19.4 Å². The fourth-order valence-electron chi connectivity index (χ4n) is 1.85. The van der Waals surface area contributed by atoms with E-state index in [9.17, 15) is 4.79 Å². The Kier molecular flexibility index (Phi) is 5.78. The Morgan fingerprint density at radius 2 is 2.22 bits per heavy atom. The lowest BCUT2D eigenvalue weighted by Gasteiger charge is -2.29. The number of rotatable bonds is 6. The van der Waals surface area contributed by atoms with Gasteiger partial charge < -0.3 is 10.6 Å². The number of carbonyl (C=O) groups excluding carboxylic acids is 1. The molecule has 0 fully saturated rings. The van der Waals surface area contributed by atoms with E-state index in [1.54, 1.807) is 12.4 Å². The SMILES string of the molecule is CCC[C@H](N)C(=O)N(Cc1cccnc1)C(C)C. The first-order valence-electron chi connectivity index (χ1n) is 6.51. The fraction of sp³-hybridized carbons (Fsp3) is 0.571. The van der Waals surface area contributed by atoms with Gasteiger partial charge in [0.1, 0.15) is 0 Å². The second-order valence-corrected chi connectivity index (χ2v) is 4.82. The number of pyridine rings is 1. The molecule has 0 radical (unpaired) electrons. The standard InChI is InChI=1S/C14H23N3O/c1-4-6-13(15)14(18)17(11(2)3)10-12-7-5-8-16-9-12/h5,7-9,11,13H,4,6,10,15H2,1-3H3/t13-/m0/s1. The van der Waals surface area contributed by atoms with E-state index in [1.165, 1.54) is 0 Å². The highest BCUT2D eigenvalue weighted by atomic mass is 16.2. The van der Waals surface area contributed by atoms with Crippen LogP contribution in [0.2, 0.25) is 0 Å². The molecular formula is C14H23N3O. The Morgan fingerprint density at radius 1 is 1.50 bits per heavy atom. The van der Waals surface area contributed by atoms with Gasteiger partial charge in [-0.05, 0) is 31.9 Å². The molecule has 1 aromatic rings. The van der Waals surface area contributed by atoms with Crippen molar-refractivity contribution in [1.82, 2.24) is 9.88 Å². The Labute approximate surface area is 109 Å². The summed E-state index contributed by atoms with van der Waals surface area (Å²) in [4.78, 5) is 18.1. The molecule has 0 bridgehead atoms. The molecule has 0 saturated heterocycles. The molecule has 18 heavy (non-hydrogen) atoms. The third kappa shape index (κ3) is 4.11. The lowest BCUT2D eigenvalue weighted by atomic mass is 10.1. The first kappa shape index (κ1) is 14.6. The highest BCUT2D eigenvalue weighted by molar-refractivity contribution is 5.81. The van der Waals surface area contributed by atoms with Gasteiger partial charge >= 0.3 is 0 Å². The maximum atomic E-state index is 12.3. The molecule has 4 nitrogen and oxygen atoms in total. The van der Waals surface area contributed by atoms with Crippen molar-refractivity contribution in [3.05, 3.63) is 30.1 Å². The van der Waals surface area contributed by atoms with Crippen molar-refractivity contribution >= 4 is 5.91 Å². The second-order valence-electron chi connectivity index (χ2n) is 4.82. The number of aromatic nitrogens is 1. The smallest absolute Gasteiger partial charge is 0.240 e. The molecule has 2 N–H and O–H groups in total. The van der Waals surface area contributed by atoms with Crippen LogP contribution in [-0.2, 0) is 11.3 Å². The van der Waals surface area contributed by atoms with Gasteiger partial charge in [-0.3, -0.25) is 9.78 Å². The summed E-state index contributed by atoms with van der Waals surface area (Å²) in [5, 5.41) is 0. The number of nitrogens with two attached hydrogens (primary N) is 1. The van der Waals surface area contributed by atoms with E-state index < -0.39 is 6.04 Å². The maximum absolute atomic E-state index is 12.3. The molecule has 0 aliphatic heterocycles. The Morgan fingerprint density at radius 3 is 2.72 bits per heavy atom. The van der Waals surface area contributed by atoms with Crippen molar-refractivity contribution in [3.63, 3.8) is 0 Å². The van der Waals surface area contributed by atoms with Gasteiger partial charge in [-0.25, -0.2) is 0 Å². The molecule has 0 aliphatic carbocycles. The molecule has 0 aromatic carbocycles. The van der Waals surface area contributed by atoms with Crippen molar-refractivity contribution in [2.24, 2.45) is 5.73 Å². The van der Waals surface area contributed by atoms with E-state index in [4.69, 9.17) is 5.73 Å². The zero-order valence-corrected chi connectivity index (χ0v) is 11.5. The average Bonchev–Trinajstić information content (AvgIpc) is 2.36. The van der Waals surface area contributed by atoms with E-state index >= 15 is 0 Å². The first-order valence-corrected chi connectivity index (χ1v) is 6.51. The normalized spacial score (nSPS) is 12.5. The van der Waals surface area contributed by atoms with E-state index in [1.807, 2.05) is 37.8 Å². The van der Waals surface area contributed by atoms with Crippen LogP contribution in [0.25, 0.3) is 0 Å². The predicted octanol–water partition coefficient (Wildman–Crippen LogP) is 1.95. The summed E-state index contributed by atoms with van der Waals surface area (Å²) in [7, 11) is 0. The predicted molar refractivity (Wildman–Crippen MR) is 72.8 cm³/mol. The molecule has 4 heteroatoms. The first-order chi connectivity index (χ1) is 8.56. The molecular weight excluding hydrogens is 226 g/mol. The minimum absolute atomic E-state index is 0.0238. The Hall–Kier alpha value is -1.42. The van der Waals surface area contributed by atoms with Crippen molar-refractivity contribution in [1.29, 1.82) is 0 Å². The number of hydrogen-bond donors (Lipinski definition) is 1. The minimum Gasteiger partial charge on any atom is -0.335 e. The van der Waals surface area contributed by atoms with Crippen molar-refractivity contribution in [2.45, 2.75) is 52.2 Å². The van der Waals surface area contributed by atoms with Crippen molar-refractivity contribution in [3.8, 4) is 0 Å². The monoisotopic (exact) mass is 249 g/mol. The molecule has 1 rings (SSSR count). The molecule has 0 spiro atoms. The van der Waals surface area contributed by atoms with Gasteiger partial charge in [0.25, 0.3) is 0 Å². The van der Waals surface area contributed by atoms with Crippen LogP contribution in [0.15, 0.2) is 24.5 Å². The van der Waals surface area contributed by atoms with E-state index in [0.717, 1.165) is 18.4 Å². The lowest BCUT2D eigenvalue weighted by Crippen LogP contribution is -2.46. The van der Waals surface area contributed by atoms with Gasteiger partial charge in [-0.2, -0.15) is 0 Å². The molecule has 0 aliphatic rings. The summed E-state index contributed by atoms with van der Waals surface area (Å²) in [5.74, 6) is 0.0238. The maximum Gasteiger partial charge on any atom is 0.240 e. The fourth-order valence-corrected chi connectivity index (χ4v) is 1.85. The molecule has 0 saturated carbocycles. The minimum atomic E-state index is -0.394. The summed E-state index contributed by atoms with van der Waals surface area (Å²) < 4.78 is 0. The highest BCUT2D eigenvalue weighted by Gasteiger charge is 2.22. The zero-order valence-electron chi connectivity index (χ0n) is 11.5. The zero-order chi connectivity index (χ0) is 13.5. The third-order valence-corrected chi connectivity index (χ3v) is 2.90. The van der Waals surface area contributed by atoms with Crippen LogP contribution in [0.1, 0.15) is 39.2 Å². The average molecular weight is 249 g/mol.